The Morgan fingerprint density at radius 2 is 2.23 bits per heavy atom. The van der Waals surface area contributed by atoms with Crippen molar-refractivity contribution in [1.29, 1.82) is 0 Å². The maximum absolute atomic E-state index is 12.4. The molecule has 2 N–H and O–H groups in total. The molecule has 1 aliphatic rings. The van der Waals surface area contributed by atoms with Crippen LogP contribution < -0.4 is 10.9 Å². The van der Waals surface area contributed by atoms with Crippen LogP contribution in [0, 0.1) is 5.92 Å². The van der Waals surface area contributed by atoms with Gasteiger partial charge in [-0.25, -0.2) is 4.79 Å². The Morgan fingerprint density at radius 3 is 2.91 bits per heavy atom. The summed E-state index contributed by atoms with van der Waals surface area (Å²) >= 11 is 3.20. The van der Waals surface area contributed by atoms with E-state index in [-0.39, 0.29) is 18.2 Å². The average Bonchev–Trinajstić information content (AvgIpc) is 2.71. The quantitative estimate of drug-likeness (QED) is 0.854. The standard InChI is InChI=1S/C15H22BrN3O3/c1-18-10-12(9-13(16)14(18)21)17-15(22)19-6-2-3-11(4-7-19)5-8-20/h9-11,20H,2-8H2,1H3,(H,17,22). The molecule has 2 amide bonds. The molecule has 0 radical (unpaired) electrons. The van der Waals surface area contributed by atoms with E-state index in [1.54, 1.807) is 24.2 Å². The molecule has 1 aromatic rings. The van der Waals surface area contributed by atoms with Crippen molar-refractivity contribution in [1.82, 2.24) is 9.47 Å². The molecule has 6 nitrogen and oxygen atoms in total. The molecule has 2 heterocycles. The lowest BCUT2D eigenvalue weighted by atomic mass is 9.98. The number of aliphatic hydroxyl groups is 1. The Morgan fingerprint density at radius 1 is 1.45 bits per heavy atom. The topological polar surface area (TPSA) is 74.6 Å². The number of likely N-dealkylation sites (tertiary alicyclic amines) is 1. The molecule has 0 aliphatic carbocycles. The third-order valence-electron chi connectivity index (χ3n) is 4.06. The lowest BCUT2D eigenvalue weighted by molar-refractivity contribution is 0.211. The molecule has 0 saturated carbocycles. The first kappa shape index (κ1) is 17.0. The maximum Gasteiger partial charge on any atom is 0.321 e. The second-order valence-corrected chi connectivity index (χ2v) is 6.57. The van der Waals surface area contributed by atoms with Crippen molar-refractivity contribution in [2.24, 2.45) is 13.0 Å². The molecule has 122 valence electrons. The van der Waals surface area contributed by atoms with Crippen LogP contribution in [-0.2, 0) is 7.05 Å². The van der Waals surface area contributed by atoms with Crippen LogP contribution in [0.25, 0.3) is 0 Å². The van der Waals surface area contributed by atoms with Crippen LogP contribution in [0.4, 0.5) is 10.5 Å². The molecule has 1 aromatic heterocycles. The van der Waals surface area contributed by atoms with Gasteiger partial charge in [-0.2, -0.15) is 0 Å². The van der Waals surface area contributed by atoms with Crippen LogP contribution in [0.15, 0.2) is 21.5 Å². The summed E-state index contributed by atoms with van der Waals surface area (Å²) in [6.45, 7) is 1.63. The zero-order valence-electron chi connectivity index (χ0n) is 12.7. The van der Waals surface area contributed by atoms with Crippen molar-refractivity contribution < 1.29 is 9.90 Å². The van der Waals surface area contributed by atoms with Crippen LogP contribution in [0.5, 0.6) is 0 Å². The lowest BCUT2D eigenvalue weighted by Gasteiger charge is -2.21. The van der Waals surface area contributed by atoms with E-state index < -0.39 is 0 Å². The maximum atomic E-state index is 12.4. The molecule has 1 fully saturated rings. The van der Waals surface area contributed by atoms with Gasteiger partial charge in [-0.05, 0) is 53.6 Å². The number of amides is 2. The van der Waals surface area contributed by atoms with Gasteiger partial charge in [0.15, 0.2) is 0 Å². The van der Waals surface area contributed by atoms with E-state index in [4.69, 9.17) is 5.11 Å². The van der Waals surface area contributed by atoms with E-state index in [9.17, 15) is 9.59 Å². The fraction of sp³-hybridized carbons (Fsp3) is 0.600. The van der Waals surface area contributed by atoms with Crippen LogP contribution in [0.3, 0.4) is 0 Å². The summed E-state index contributed by atoms with van der Waals surface area (Å²) in [6.07, 6.45) is 5.34. The van der Waals surface area contributed by atoms with Gasteiger partial charge in [-0.15, -0.1) is 0 Å². The molecule has 0 aromatic carbocycles. The van der Waals surface area contributed by atoms with Gasteiger partial charge in [-0.3, -0.25) is 4.79 Å². The van der Waals surface area contributed by atoms with E-state index in [0.717, 1.165) is 32.2 Å². The molecule has 1 aliphatic heterocycles. The Hall–Kier alpha value is -1.34. The Labute approximate surface area is 138 Å². The summed E-state index contributed by atoms with van der Waals surface area (Å²) in [5.41, 5.74) is 0.453. The molecular formula is C15H22BrN3O3. The van der Waals surface area contributed by atoms with Gasteiger partial charge >= 0.3 is 6.03 Å². The number of aryl methyl sites for hydroxylation is 1. The van der Waals surface area contributed by atoms with Crippen LogP contribution in [0.2, 0.25) is 0 Å². The van der Waals surface area contributed by atoms with Crippen LogP contribution in [-0.4, -0.2) is 40.3 Å². The highest BCUT2D eigenvalue weighted by Crippen LogP contribution is 2.21. The van der Waals surface area contributed by atoms with E-state index in [1.165, 1.54) is 4.57 Å². The minimum Gasteiger partial charge on any atom is -0.396 e. The Bertz CT molecular complexity index is 562. The first-order chi connectivity index (χ1) is 10.5. The Balaban J connectivity index is 1.99. The lowest BCUT2D eigenvalue weighted by Crippen LogP contribution is -2.36. The van der Waals surface area contributed by atoms with Gasteiger partial charge in [-0.1, -0.05) is 0 Å². The van der Waals surface area contributed by atoms with Crippen molar-refractivity contribution in [3.05, 3.63) is 27.1 Å². The van der Waals surface area contributed by atoms with Crippen molar-refractivity contribution in [3.8, 4) is 0 Å². The zero-order valence-corrected chi connectivity index (χ0v) is 14.3. The van der Waals surface area contributed by atoms with Gasteiger partial charge in [0.25, 0.3) is 5.56 Å². The number of hydrogen-bond donors (Lipinski definition) is 2. The monoisotopic (exact) mass is 371 g/mol. The molecule has 22 heavy (non-hydrogen) atoms. The number of rotatable bonds is 3. The summed E-state index contributed by atoms with van der Waals surface area (Å²) < 4.78 is 1.85. The zero-order chi connectivity index (χ0) is 16.1. The van der Waals surface area contributed by atoms with Gasteiger partial charge in [0.1, 0.15) is 0 Å². The SMILES string of the molecule is Cn1cc(NC(=O)N2CCCC(CCO)CC2)cc(Br)c1=O. The molecule has 2 rings (SSSR count). The minimum absolute atomic E-state index is 0.139. The second kappa shape index (κ2) is 7.78. The number of carbonyl (C=O) groups excluding carboxylic acids is 1. The summed E-state index contributed by atoms with van der Waals surface area (Å²) in [6, 6.07) is 1.47. The number of aromatic nitrogens is 1. The smallest absolute Gasteiger partial charge is 0.321 e. The molecule has 7 heteroatoms. The molecule has 1 saturated heterocycles. The van der Waals surface area contributed by atoms with Crippen molar-refractivity contribution in [2.45, 2.75) is 25.7 Å². The van der Waals surface area contributed by atoms with E-state index in [2.05, 4.69) is 21.2 Å². The van der Waals surface area contributed by atoms with E-state index in [0.29, 0.717) is 22.6 Å². The van der Waals surface area contributed by atoms with Gasteiger partial charge in [0.2, 0.25) is 0 Å². The molecule has 1 atom stereocenters. The van der Waals surface area contributed by atoms with Crippen LogP contribution >= 0.6 is 15.9 Å². The van der Waals surface area contributed by atoms with Crippen molar-refractivity contribution in [2.75, 3.05) is 25.0 Å². The average molecular weight is 372 g/mol. The van der Waals surface area contributed by atoms with Crippen molar-refractivity contribution in [3.63, 3.8) is 0 Å². The summed E-state index contributed by atoms with van der Waals surface area (Å²) in [7, 11) is 1.65. The number of carbonyl (C=O) groups is 1. The fourth-order valence-electron chi connectivity index (χ4n) is 2.78. The third kappa shape index (κ3) is 4.33. The number of urea groups is 1. The summed E-state index contributed by atoms with van der Waals surface area (Å²) in [5.74, 6) is 0.495. The number of pyridine rings is 1. The number of nitrogens with zero attached hydrogens (tertiary/aromatic N) is 2. The number of aliphatic hydroxyl groups excluding tert-OH is 1. The number of halogens is 1. The highest BCUT2D eigenvalue weighted by Gasteiger charge is 2.20. The highest BCUT2D eigenvalue weighted by molar-refractivity contribution is 9.10. The second-order valence-electron chi connectivity index (χ2n) is 5.72. The van der Waals surface area contributed by atoms with Gasteiger partial charge < -0.3 is 19.9 Å². The first-order valence-electron chi connectivity index (χ1n) is 7.54. The number of hydrogen-bond acceptors (Lipinski definition) is 3. The third-order valence-corrected chi connectivity index (χ3v) is 4.63. The first-order valence-corrected chi connectivity index (χ1v) is 8.33. The molecule has 1 unspecified atom stereocenters. The minimum atomic E-state index is -0.143. The normalized spacial score (nSPS) is 18.9. The van der Waals surface area contributed by atoms with Crippen LogP contribution in [0.1, 0.15) is 25.7 Å². The number of anilines is 1. The van der Waals surface area contributed by atoms with Crippen molar-refractivity contribution >= 4 is 27.6 Å². The summed E-state index contributed by atoms with van der Waals surface area (Å²) in [5, 5.41) is 11.9. The highest BCUT2D eigenvalue weighted by atomic mass is 79.9. The molecule has 0 bridgehead atoms. The molecular weight excluding hydrogens is 350 g/mol. The fourth-order valence-corrected chi connectivity index (χ4v) is 3.31. The molecule has 0 spiro atoms. The predicted octanol–water partition coefficient (Wildman–Crippen LogP) is 2.16. The number of nitrogens with one attached hydrogen (secondary N) is 1. The predicted molar refractivity (Wildman–Crippen MR) is 89.0 cm³/mol. The van der Waals surface area contributed by atoms with E-state index >= 15 is 0 Å². The Kier molecular flexibility index (Phi) is 6.02. The van der Waals surface area contributed by atoms with Gasteiger partial charge in [0, 0.05) is 32.9 Å². The summed E-state index contributed by atoms with van der Waals surface area (Å²) in [4.78, 5) is 25.8. The largest absolute Gasteiger partial charge is 0.396 e. The van der Waals surface area contributed by atoms with E-state index in [1.807, 2.05) is 0 Å². The van der Waals surface area contributed by atoms with Gasteiger partial charge in [0.05, 0.1) is 10.2 Å².